The molecule has 2 aliphatic rings. The van der Waals surface area contributed by atoms with Crippen LogP contribution in [0, 0.1) is 5.92 Å². The van der Waals surface area contributed by atoms with Crippen LogP contribution in [-0.2, 0) is 16.1 Å². The highest BCUT2D eigenvalue weighted by molar-refractivity contribution is 7.13. The molecule has 0 amide bonds. The summed E-state index contributed by atoms with van der Waals surface area (Å²) >= 11 is 1.63. The number of aliphatic hydroxyl groups is 1. The lowest BCUT2D eigenvalue weighted by Crippen LogP contribution is -2.47. The molecule has 3 heterocycles. The van der Waals surface area contributed by atoms with E-state index in [4.69, 9.17) is 9.72 Å². The van der Waals surface area contributed by atoms with Crippen LogP contribution in [0.1, 0.15) is 26.5 Å². The van der Waals surface area contributed by atoms with Crippen LogP contribution in [0.25, 0.3) is 0 Å². The van der Waals surface area contributed by atoms with Crippen molar-refractivity contribution in [3.63, 3.8) is 0 Å². The van der Waals surface area contributed by atoms with Crippen LogP contribution in [0.3, 0.4) is 0 Å². The average molecular weight is 352 g/mol. The number of hydrogen-bond acceptors (Lipinski definition) is 8. The second-order valence-corrected chi connectivity index (χ2v) is 7.57. The Labute approximate surface area is 145 Å². The number of aliphatic hydroxyl groups excluding tert-OH is 1. The molecular formula is C16H24N4O3S. The monoisotopic (exact) mass is 352 g/mol. The first-order valence-corrected chi connectivity index (χ1v) is 9.05. The Morgan fingerprint density at radius 2 is 2.17 bits per heavy atom. The fourth-order valence-corrected chi connectivity index (χ4v) is 4.29. The smallest absolute Gasteiger partial charge is 0.185 e. The molecule has 0 radical (unpaired) electrons. The number of hydrogen-bond donors (Lipinski definition) is 1. The second kappa shape index (κ2) is 6.78. The molecule has 0 bridgehead atoms. The van der Waals surface area contributed by atoms with E-state index < -0.39 is 12.1 Å². The lowest BCUT2D eigenvalue weighted by atomic mass is 9.82. The number of hydrazone groups is 1. The van der Waals surface area contributed by atoms with E-state index in [0.717, 1.165) is 42.8 Å². The molecule has 1 aromatic heterocycles. The van der Waals surface area contributed by atoms with Crippen molar-refractivity contribution in [1.82, 2.24) is 9.99 Å². The highest BCUT2D eigenvalue weighted by atomic mass is 32.1. The summed E-state index contributed by atoms with van der Waals surface area (Å²) in [6.45, 7) is 9.14. The molecule has 0 aliphatic carbocycles. The normalized spacial score (nSPS) is 23.5. The van der Waals surface area contributed by atoms with E-state index in [1.807, 2.05) is 31.2 Å². The van der Waals surface area contributed by atoms with E-state index >= 15 is 0 Å². The van der Waals surface area contributed by atoms with Gasteiger partial charge < -0.3 is 14.7 Å². The molecule has 1 aromatic rings. The first-order chi connectivity index (χ1) is 11.4. The molecule has 8 heteroatoms. The van der Waals surface area contributed by atoms with Crippen molar-refractivity contribution in [2.24, 2.45) is 11.0 Å². The fourth-order valence-electron chi connectivity index (χ4n) is 3.42. The summed E-state index contributed by atoms with van der Waals surface area (Å²) < 4.78 is 5.38. The largest absolute Gasteiger partial charge is 0.389 e. The Kier molecular flexibility index (Phi) is 4.89. The topological polar surface area (TPSA) is 78.3 Å². The molecule has 24 heavy (non-hydrogen) atoms. The third-order valence-electron chi connectivity index (χ3n) is 4.68. The molecule has 1 unspecified atom stereocenters. The molecule has 3 rings (SSSR count). The number of nitrogens with zero attached hydrogens (tertiary/aromatic N) is 4. The zero-order valence-electron chi connectivity index (χ0n) is 14.4. The van der Waals surface area contributed by atoms with Gasteiger partial charge in [0.25, 0.3) is 0 Å². The van der Waals surface area contributed by atoms with Crippen molar-refractivity contribution in [2.45, 2.75) is 32.9 Å². The van der Waals surface area contributed by atoms with Gasteiger partial charge in [0, 0.05) is 24.2 Å². The summed E-state index contributed by atoms with van der Waals surface area (Å²) in [5, 5.41) is 18.7. The number of carbonyl (C=O) groups is 1. The van der Waals surface area contributed by atoms with Crippen molar-refractivity contribution >= 4 is 28.0 Å². The summed E-state index contributed by atoms with van der Waals surface area (Å²) in [6, 6.07) is 0. The molecule has 2 aliphatic heterocycles. The Bertz CT molecular complexity index is 637. The highest BCUT2D eigenvalue weighted by Crippen LogP contribution is 2.35. The Morgan fingerprint density at radius 1 is 1.46 bits per heavy atom. The van der Waals surface area contributed by atoms with E-state index in [9.17, 15) is 9.90 Å². The molecule has 1 fully saturated rings. The third-order valence-corrected chi connectivity index (χ3v) is 5.63. The van der Waals surface area contributed by atoms with Crippen LogP contribution in [-0.4, -0.2) is 65.0 Å². The minimum absolute atomic E-state index is 0.184. The molecule has 1 N–H and O–H groups in total. The molecule has 0 saturated carbocycles. The van der Waals surface area contributed by atoms with Crippen molar-refractivity contribution in [2.75, 3.05) is 37.8 Å². The summed E-state index contributed by atoms with van der Waals surface area (Å²) in [6.07, 6.45) is 0. The number of carbonyl (C=O) groups excluding carboxylic acids is 1. The zero-order chi connectivity index (χ0) is 17.3. The Morgan fingerprint density at radius 3 is 2.83 bits per heavy atom. The summed E-state index contributed by atoms with van der Waals surface area (Å²) in [5.74, 6) is -0.559. The highest BCUT2D eigenvalue weighted by Gasteiger charge is 2.46. The number of rotatable bonds is 5. The van der Waals surface area contributed by atoms with Crippen LogP contribution in [0.4, 0.5) is 5.13 Å². The minimum atomic E-state index is -0.466. The predicted octanol–water partition coefficient (Wildman–Crippen LogP) is 1.13. The van der Waals surface area contributed by atoms with E-state index in [0.29, 0.717) is 6.54 Å². The minimum Gasteiger partial charge on any atom is -0.389 e. The predicted molar refractivity (Wildman–Crippen MR) is 93.5 cm³/mol. The number of morpholine rings is 1. The van der Waals surface area contributed by atoms with E-state index in [1.54, 1.807) is 11.3 Å². The van der Waals surface area contributed by atoms with E-state index in [-0.39, 0.29) is 11.7 Å². The van der Waals surface area contributed by atoms with Crippen LogP contribution in [0.2, 0.25) is 0 Å². The number of Topliss-reactive ketones (excluding diaryl/α,β-unsaturated/α-hetero) is 1. The quantitative estimate of drug-likeness (QED) is 0.856. The number of anilines is 1. The van der Waals surface area contributed by atoms with Crippen molar-refractivity contribution in [3.8, 4) is 0 Å². The number of ether oxygens (including phenoxy) is 1. The average Bonchev–Trinajstić information content (AvgIpc) is 3.11. The summed E-state index contributed by atoms with van der Waals surface area (Å²) in [7, 11) is 0. The molecule has 7 nitrogen and oxygen atoms in total. The zero-order valence-corrected chi connectivity index (χ0v) is 15.2. The van der Waals surface area contributed by atoms with E-state index in [2.05, 4.69) is 10.0 Å². The second-order valence-electron chi connectivity index (χ2n) is 6.73. The summed E-state index contributed by atoms with van der Waals surface area (Å²) in [5.41, 5.74) is 1.23. The van der Waals surface area contributed by atoms with Gasteiger partial charge in [0.2, 0.25) is 0 Å². The van der Waals surface area contributed by atoms with Gasteiger partial charge in [-0.05, 0) is 20.8 Å². The molecule has 1 saturated heterocycles. The molecule has 0 spiro atoms. The number of thiazole rings is 1. The van der Waals surface area contributed by atoms with E-state index in [1.165, 1.54) is 0 Å². The molecular weight excluding hydrogens is 328 g/mol. The maximum Gasteiger partial charge on any atom is 0.185 e. The molecule has 132 valence electrons. The first kappa shape index (κ1) is 17.3. The van der Waals surface area contributed by atoms with Gasteiger partial charge in [-0.15, -0.1) is 11.3 Å². The van der Waals surface area contributed by atoms with Crippen LogP contribution >= 0.6 is 11.3 Å². The first-order valence-electron chi connectivity index (χ1n) is 8.17. The van der Waals surface area contributed by atoms with Gasteiger partial charge in [-0.1, -0.05) is 0 Å². The van der Waals surface area contributed by atoms with Gasteiger partial charge in [-0.3, -0.25) is 9.80 Å². The van der Waals surface area contributed by atoms with Gasteiger partial charge >= 0.3 is 0 Å². The number of aromatic nitrogens is 1. The van der Waals surface area contributed by atoms with Crippen molar-refractivity contribution < 1.29 is 14.6 Å². The van der Waals surface area contributed by atoms with Crippen LogP contribution < -0.4 is 4.90 Å². The van der Waals surface area contributed by atoms with Crippen LogP contribution in [0.5, 0.6) is 0 Å². The Hall–Kier alpha value is -1.51. The molecule has 1 atom stereocenters. The third kappa shape index (κ3) is 3.18. The lowest BCUT2D eigenvalue weighted by Gasteiger charge is -2.34. The Balaban J connectivity index is 1.72. The van der Waals surface area contributed by atoms with Gasteiger partial charge in [-0.25, -0.2) is 4.98 Å². The fraction of sp³-hybridized carbons (Fsp3) is 0.688. The van der Waals surface area contributed by atoms with Crippen molar-refractivity contribution in [1.29, 1.82) is 0 Å². The lowest BCUT2D eigenvalue weighted by molar-refractivity contribution is -0.126. The van der Waals surface area contributed by atoms with Gasteiger partial charge in [0.1, 0.15) is 6.61 Å². The number of ketones is 1. The maximum absolute atomic E-state index is 12.1. The van der Waals surface area contributed by atoms with Gasteiger partial charge in [-0.2, -0.15) is 5.10 Å². The van der Waals surface area contributed by atoms with Gasteiger partial charge in [0.05, 0.1) is 36.9 Å². The van der Waals surface area contributed by atoms with Gasteiger partial charge in [0.15, 0.2) is 10.9 Å². The van der Waals surface area contributed by atoms with Crippen LogP contribution in [0.15, 0.2) is 10.5 Å². The maximum atomic E-state index is 12.1. The standard InChI is InChI=1S/C16H24N4O3S/c1-11-14(13(22)9-21)16(2,3)20(18-11)8-12-10-24-15(17-12)19-4-6-23-7-5-19/h10,14,21H,4-9H2,1-3H3. The summed E-state index contributed by atoms with van der Waals surface area (Å²) in [4.78, 5) is 19.0. The molecule has 0 aromatic carbocycles. The SMILES string of the molecule is CC1=NN(Cc2csc(N3CCOCC3)n2)C(C)(C)C1C(=O)CO. The van der Waals surface area contributed by atoms with Crippen molar-refractivity contribution in [3.05, 3.63) is 11.1 Å².